The first-order valence-corrected chi connectivity index (χ1v) is 6.16. The van der Waals surface area contributed by atoms with Gasteiger partial charge in [0.1, 0.15) is 11.5 Å². The van der Waals surface area contributed by atoms with Gasteiger partial charge in [0.05, 0.1) is 39.2 Å². The van der Waals surface area contributed by atoms with Crippen molar-refractivity contribution in [1.29, 1.82) is 10.5 Å². The lowest BCUT2D eigenvalue weighted by Gasteiger charge is -2.14. The number of hydrogen-bond acceptors (Lipinski definition) is 4. The summed E-state index contributed by atoms with van der Waals surface area (Å²) in [5.74, 6) is 1.37. The first-order valence-electron chi connectivity index (χ1n) is 6.16. The Morgan fingerprint density at radius 1 is 0.800 bits per heavy atom. The fourth-order valence-electron chi connectivity index (χ4n) is 2.37. The molecule has 0 amide bonds. The van der Waals surface area contributed by atoms with E-state index in [1.165, 1.54) is 0 Å². The maximum atomic E-state index is 8.86. The molecule has 0 saturated carbocycles. The van der Waals surface area contributed by atoms with Crippen LogP contribution in [0.3, 0.4) is 0 Å². The Morgan fingerprint density at radius 3 is 1.50 bits per heavy atom. The number of nitriles is 2. The molecule has 4 heteroatoms. The topological polar surface area (TPSA) is 66.0 Å². The van der Waals surface area contributed by atoms with Crippen LogP contribution >= 0.6 is 0 Å². The largest absolute Gasteiger partial charge is 0.496 e. The van der Waals surface area contributed by atoms with Crippen LogP contribution in [0.5, 0.6) is 11.5 Å². The predicted octanol–water partition coefficient (Wildman–Crippen LogP) is 2.99. The summed E-state index contributed by atoms with van der Waals surface area (Å²) in [7, 11) is 3.18. The van der Waals surface area contributed by atoms with Gasteiger partial charge >= 0.3 is 0 Å². The monoisotopic (exact) mass is 266 g/mol. The molecule has 4 nitrogen and oxygen atoms in total. The molecule has 100 valence electrons. The first-order chi connectivity index (χ1) is 9.76. The lowest BCUT2D eigenvalue weighted by Crippen LogP contribution is -1.97. The van der Waals surface area contributed by atoms with E-state index in [9.17, 15) is 0 Å². The summed E-state index contributed by atoms with van der Waals surface area (Å²) in [6, 6.07) is 11.8. The second-order valence-corrected chi connectivity index (χ2v) is 4.28. The van der Waals surface area contributed by atoms with E-state index in [1.807, 2.05) is 24.3 Å². The van der Waals surface area contributed by atoms with Gasteiger partial charge in [0.15, 0.2) is 0 Å². The minimum Gasteiger partial charge on any atom is -0.496 e. The van der Waals surface area contributed by atoms with Crippen molar-refractivity contribution in [2.24, 2.45) is 0 Å². The van der Waals surface area contributed by atoms with Gasteiger partial charge in [-0.1, -0.05) is 24.3 Å². The molecule has 0 atom stereocenters. The maximum absolute atomic E-state index is 8.86. The van der Waals surface area contributed by atoms with Crippen molar-refractivity contribution in [3.63, 3.8) is 0 Å². The molecule has 2 rings (SSSR count). The molecule has 0 saturated heterocycles. The van der Waals surface area contributed by atoms with Gasteiger partial charge in [0, 0.05) is 21.9 Å². The van der Waals surface area contributed by atoms with E-state index >= 15 is 0 Å². The van der Waals surface area contributed by atoms with E-state index in [1.54, 1.807) is 14.2 Å². The van der Waals surface area contributed by atoms with E-state index in [0.717, 1.165) is 21.9 Å². The third kappa shape index (κ3) is 2.24. The summed E-state index contributed by atoms with van der Waals surface area (Å²) in [6.07, 6.45) is 0.586. The fraction of sp³-hybridized carbons (Fsp3) is 0.250. The summed E-state index contributed by atoms with van der Waals surface area (Å²) >= 11 is 0. The van der Waals surface area contributed by atoms with Crippen LogP contribution in [0.4, 0.5) is 0 Å². The van der Waals surface area contributed by atoms with Gasteiger partial charge in [-0.05, 0) is 0 Å². The maximum Gasteiger partial charge on any atom is 0.131 e. The zero-order valence-electron chi connectivity index (χ0n) is 11.4. The second-order valence-electron chi connectivity index (χ2n) is 4.28. The smallest absolute Gasteiger partial charge is 0.131 e. The molecule has 0 aliphatic rings. The summed E-state index contributed by atoms with van der Waals surface area (Å²) in [5, 5.41) is 19.5. The minimum absolute atomic E-state index is 0.293. The standard InChI is InChI=1S/C16H14N2O2/c1-19-15-11(7-9-17)3-6-14-13(15)5-4-12(8-10-18)16(14)20-2/h3-6H,7-8H2,1-2H3. The van der Waals surface area contributed by atoms with Crippen LogP contribution in [0.2, 0.25) is 0 Å². The summed E-state index contributed by atoms with van der Waals surface area (Å²) in [4.78, 5) is 0. The third-order valence-electron chi connectivity index (χ3n) is 3.21. The van der Waals surface area contributed by atoms with Gasteiger partial charge in [0.2, 0.25) is 0 Å². The molecule has 0 unspecified atom stereocenters. The second kappa shape index (κ2) is 5.95. The molecule has 0 aliphatic heterocycles. The average Bonchev–Trinajstić information content (AvgIpc) is 2.47. The van der Waals surface area contributed by atoms with Crippen molar-refractivity contribution in [2.45, 2.75) is 12.8 Å². The highest BCUT2D eigenvalue weighted by Crippen LogP contribution is 2.37. The third-order valence-corrected chi connectivity index (χ3v) is 3.21. The zero-order valence-corrected chi connectivity index (χ0v) is 11.4. The molecule has 2 aromatic carbocycles. The SMILES string of the molecule is COc1c(CC#N)ccc2c(OC)c(CC#N)ccc12. The summed E-state index contributed by atoms with van der Waals surface area (Å²) in [6.45, 7) is 0. The van der Waals surface area contributed by atoms with Gasteiger partial charge in [-0.2, -0.15) is 10.5 Å². The molecule has 0 spiro atoms. The number of rotatable bonds is 4. The van der Waals surface area contributed by atoms with Crippen molar-refractivity contribution in [1.82, 2.24) is 0 Å². The van der Waals surface area contributed by atoms with Crippen LogP contribution in [0.1, 0.15) is 11.1 Å². The van der Waals surface area contributed by atoms with E-state index in [0.29, 0.717) is 24.3 Å². The number of fused-ring (bicyclic) bond motifs is 1. The number of ether oxygens (including phenoxy) is 2. The Morgan fingerprint density at radius 2 is 1.20 bits per heavy atom. The van der Waals surface area contributed by atoms with Gasteiger partial charge in [-0.15, -0.1) is 0 Å². The predicted molar refractivity (Wildman–Crippen MR) is 75.7 cm³/mol. The highest BCUT2D eigenvalue weighted by atomic mass is 16.5. The molecule has 2 aromatic rings. The van der Waals surface area contributed by atoms with Gasteiger partial charge in [-0.25, -0.2) is 0 Å². The molecule has 0 fully saturated rings. The van der Waals surface area contributed by atoms with Crippen LogP contribution in [0.15, 0.2) is 24.3 Å². The van der Waals surface area contributed by atoms with E-state index in [2.05, 4.69) is 12.1 Å². The zero-order chi connectivity index (χ0) is 14.5. The lowest BCUT2D eigenvalue weighted by molar-refractivity contribution is 0.411. The van der Waals surface area contributed by atoms with Gasteiger partial charge in [-0.3, -0.25) is 0 Å². The van der Waals surface area contributed by atoms with Crippen LogP contribution in [-0.4, -0.2) is 14.2 Å². The van der Waals surface area contributed by atoms with Crippen molar-refractivity contribution in [3.05, 3.63) is 35.4 Å². The van der Waals surface area contributed by atoms with Crippen molar-refractivity contribution in [3.8, 4) is 23.6 Å². The van der Waals surface area contributed by atoms with Crippen LogP contribution < -0.4 is 9.47 Å². The quantitative estimate of drug-likeness (QED) is 0.853. The number of nitrogens with zero attached hydrogens (tertiary/aromatic N) is 2. The molecule has 0 heterocycles. The highest BCUT2D eigenvalue weighted by molar-refractivity contribution is 5.95. The van der Waals surface area contributed by atoms with E-state index < -0.39 is 0 Å². The van der Waals surface area contributed by atoms with Crippen molar-refractivity contribution < 1.29 is 9.47 Å². The van der Waals surface area contributed by atoms with Crippen LogP contribution in [-0.2, 0) is 12.8 Å². The molecular weight excluding hydrogens is 252 g/mol. The fourth-order valence-corrected chi connectivity index (χ4v) is 2.37. The summed E-state index contributed by atoms with van der Waals surface area (Å²) in [5.41, 5.74) is 1.69. The van der Waals surface area contributed by atoms with Crippen LogP contribution in [0.25, 0.3) is 10.8 Å². The Bertz CT molecular complexity index is 661. The van der Waals surface area contributed by atoms with Gasteiger partial charge in [0.25, 0.3) is 0 Å². The molecule has 0 aromatic heterocycles. The minimum atomic E-state index is 0.293. The molecule has 0 N–H and O–H groups in total. The average molecular weight is 266 g/mol. The molecule has 0 aliphatic carbocycles. The lowest BCUT2D eigenvalue weighted by atomic mass is 9.99. The van der Waals surface area contributed by atoms with Crippen molar-refractivity contribution >= 4 is 10.8 Å². The Kier molecular flexibility index (Phi) is 4.08. The summed E-state index contributed by atoms with van der Waals surface area (Å²) < 4.78 is 10.9. The molecule has 0 radical (unpaired) electrons. The van der Waals surface area contributed by atoms with Gasteiger partial charge < -0.3 is 9.47 Å². The normalized spacial score (nSPS) is 9.80. The number of benzene rings is 2. The van der Waals surface area contributed by atoms with E-state index in [4.69, 9.17) is 20.0 Å². The number of methoxy groups -OCH3 is 2. The van der Waals surface area contributed by atoms with Crippen molar-refractivity contribution in [2.75, 3.05) is 14.2 Å². The molecule has 0 bridgehead atoms. The van der Waals surface area contributed by atoms with Crippen LogP contribution in [0, 0.1) is 22.7 Å². The first kappa shape index (κ1) is 13.7. The molecular formula is C16H14N2O2. The molecule has 20 heavy (non-hydrogen) atoms. The Balaban J connectivity index is 2.75. The Labute approximate surface area is 117 Å². The van der Waals surface area contributed by atoms with E-state index in [-0.39, 0.29) is 0 Å². The Hall–Kier alpha value is -2.72. The highest BCUT2D eigenvalue weighted by Gasteiger charge is 2.14. The number of hydrogen-bond donors (Lipinski definition) is 0.